The Balaban J connectivity index is 1.66. The molecule has 3 aromatic rings. The molecule has 0 fully saturated rings. The molecule has 0 radical (unpaired) electrons. The molecule has 0 aliphatic carbocycles. The summed E-state index contributed by atoms with van der Waals surface area (Å²) in [5.74, 6) is -0.499. The molecule has 31 heavy (non-hydrogen) atoms. The highest BCUT2D eigenvalue weighted by molar-refractivity contribution is 7.92. The Morgan fingerprint density at radius 2 is 1.58 bits per heavy atom. The highest BCUT2D eigenvalue weighted by atomic mass is 32.2. The van der Waals surface area contributed by atoms with Gasteiger partial charge in [0.1, 0.15) is 11.5 Å². The van der Waals surface area contributed by atoms with E-state index in [0.717, 1.165) is 16.8 Å². The summed E-state index contributed by atoms with van der Waals surface area (Å²) in [5, 5.41) is 5.85. The van der Waals surface area contributed by atoms with Crippen molar-refractivity contribution < 1.29 is 17.9 Å². The first-order valence-corrected chi connectivity index (χ1v) is 11.5. The second-order valence-corrected chi connectivity index (χ2v) is 9.21. The van der Waals surface area contributed by atoms with Gasteiger partial charge in [0, 0.05) is 6.42 Å². The fourth-order valence-corrected chi connectivity index (χ4v) is 4.77. The Morgan fingerprint density at radius 1 is 0.968 bits per heavy atom. The van der Waals surface area contributed by atoms with Crippen LogP contribution in [0.2, 0.25) is 0 Å². The van der Waals surface area contributed by atoms with Crippen LogP contribution >= 0.6 is 0 Å². The minimum absolute atomic E-state index is 0.121. The van der Waals surface area contributed by atoms with E-state index in [1.807, 2.05) is 54.6 Å². The molecule has 0 aromatic heterocycles. The van der Waals surface area contributed by atoms with Crippen molar-refractivity contribution in [3.8, 4) is 5.75 Å². The van der Waals surface area contributed by atoms with Crippen molar-refractivity contribution >= 4 is 21.5 Å². The van der Waals surface area contributed by atoms with Crippen LogP contribution in [0.5, 0.6) is 5.75 Å². The van der Waals surface area contributed by atoms with Gasteiger partial charge < -0.3 is 4.74 Å². The van der Waals surface area contributed by atoms with Gasteiger partial charge in [-0.05, 0) is 35.4 Å². The topological polar surface area (TPSA) is 76.0 Å². The van der Waals surface area contributed by atoms with Gasteiger partial charge >= 0.3 is 0 Å². The van der Waals surface area contributed by atoms with E-state index < -0.39 is 21.5 Å². The normalized spacial score (nSPS) is 16.1. The van der Waals surface area contributed by atoms with E-state index >= 15 is 0 Å². The molecule has 6 nitrogen and oxygen atoms in total. The van der Waals surface area contributed by atoms with Crippen LogP contribution in [-0.4, -0.2) is 37.9 Å². The van der Waals surface area contributed by atoms with Crippen molar-refractivity contribution in [2.24, 2.45) is 5.10 Å². The van der Waals surface area contributed by atoms with Gasteiger partial charge in [0.2, 0.25) is 0 Å². The lowest BCUT2D eigenvalue weighted by molar-refractivity contribution is -0.130. The maximum absolute atomic E-state index is 13.1. The number of hydrogen-bond donors (Lipinski definition) is 0. The predicted octanol–water partition coefficient (Wildman–Crippen LogP) is 3.85. The van der Waals surface area contributed by atoms with E-state index in [9.17, 15) is 13.2 Å². The smallest absolute Gasteiger partial charge is 0.258 e. The van der Waals surface area contributed by atoms with Crippen LogP contribution in [0.3, 0.4) is 0 Å². The van der Waals surface area contributed by atoms with Crippen LogP contribution in [0, 0.1) is 0 Å². The number of hydrogen-bond acceptors (Lipinski definition) is 5. The molecule has 1 heterocycles. The number of benzene rings is 3. The third-order valence-electron chi connectivity index (χ3n) is 5.19. The highest BCUT2D eigenvalue weighted by Gasteiger charge is 2.35. The molecule has 1 amide bonds. The van der Waals surface area contributed by atoms with E-state index in [4.69, 9.17) is 4.74 Å². The number of hydrazone groups is 1. The number of amides is 1. The molecule has 0 N–H and O–H groups in total. The van der Waals surface area contributed by atoms with Crippen molar-refractivity contribution in [2.75, 3.05) is 12.9 Å². The Labute approximate surface area is 181 Å². The molecule has 1 aliphatic heterocycles. The summed E-state index contributed by atoms with van der Waals surface area (Å²) < 4.78 is 30.8. The summed E-state index contributed by atoms with van der Waals surface area (Å²) in [6.07, 6.45) is 0.494. The molecule has 0 saturated heterocycles. The van der Waals surface area contributed by atoms with Gasteiger partial charge in [0.25, 0.3) is 5.91 Å². The number of nitrogens with zero attached hydrogens (tertiary/aromatic N) is 2. The number of carbonyl (C=O) groups is 1. The Hall–Kier alpha value is -3.45. The van der Waals surface area contributed by atoms with Crippen LogP contribution in [0.4, 0.5) is 0 Å². The predicted molar refractivity (Wildman–Crippen MR) is 119 cm³/mol. The minimum Gasteiger partial charge on any atom is -0.497 e. The summed E-state index contributed by atoms with van der Waals surface area (Å²) in [6, 6.07) is 24.6. The molecule has 3 aromatic carbocycles. The van der Waals surface area contributed by atoms with Gasteiger partial charge in [0.15, 0.2) is 9.84 Å². The summed E-state index contributed by atoms with van der Waals surface area (Å²) in [6.45, 7) is 0. The number of methoxy groups -OCH3 is 1. The number of rotatable bonds is 6. The van der Waals surface area contributed by atoms with Gasteiger partial charge in [0.05, 0.1) is 23.8 Å². The van der Waals surface area contributed by atoms with Gasteiger partial charge in [-0.2, -0.15) is 5.10 Å². The Kier molecular flexibility index (Phi) is 5.86. The Bertz CT molecular complexity index is 1190. The lowest BCUT2D eigenvalue weighted by Crippen LogP contribution is -2.32. The zero-order chi connectivity index (χ0) is 21.8. The lowest BCUT2D eigenvalue weighted by Gasteiger charge is -2.22. The van der Waals surface area contributed by atoms with E-state index in [0.29, 0.717) is 12.2 Å². The van der Waals surface area contributed by atoms with Crippen LogP contribution < -0.4 is 4.74 Å². The summed E-state index contributed by atoms with van der Waals surface area (Å²) in [4.78, 5) is 13.3. The first-order valence-electron chi connectivity index (χ1n) is 9.84. The molecule has 1 unspecified atom stereocenters. The molecular formula is C24H22N2O4S. The number of carbonyl (C=O) groups excluding carboxylic acids is 1. The molecule has 1 atom stereocenters. The molecule has 158 valence electrons. The first kappa shape index (κ1) is 20.8. The molecule has 0 spiro atoms. The number of sulfone groups is 1. The lowest BCUT2D eigenvalue weighted by atomic mass is 9.98. The summed E-state index contributed by atoms with van der Waals surface area (Å²) >= 11 is 0. The molecule has 4 rings (SSSR count). The van der Waals surface area contributed by atoms with Gasteiger partial charge in [-0.25, -0.2) is 13.4 Å². The van der Waals surface area contributed by atoms with Gasteiger partial charge in [-0.15, -0.1) is 0 Å². The SMILES string of the molecule is COc1ccc(C2CC(c3ccccc3)=NN2C(=O)CS(=O)(=O)c2ccccc2)cc1. The molecular weight excluding hydrogens is 412 g/mol. The largest absolute Gasteiger partial charge is 0.497 e. The minimum atomic E-state index is -3.78. The van der Waals surface area contributed by atoms with E-state index in [2.05, 4.69) is 5.10 Å². The summed E-state index contributed by atoms with van der Waals surface area (Å²) in [7, 11) is -2.19. The van der Waals surface area contributed by atoms with Crippen molar-refractivity contribution in [3.05, 3.63) is 96.1 Å². The van der Waals surface area contributed by atoms with Crippen molar-refractivity contribution in [1.29, 1.82) is 0 Å². The fourth-order valence-electron chi connectivity index (χ4n) is 3.57. The van der Waals surface area contributed by atoms with Crippen LogP contribution in [0.1, 0.15) is 23.6 Å². The summed E-state index contributed by atoms with van der Waals surface area (Å²) in [5.41, 5.74) is 2.51. The van der Waals surface area contributed by atoms with Crippen LogP contribution in [-0.2, 0) is 14.6 Å². The maximum Gasteiger partial charge on any atom is 0.258 e. The van der Waals surface area contributed by atoms with Crippen LogP contribution in [0.15, 0.2) is 94.9 Å². The first-order chi connectivity index (χ1) is 15.0. The zero-order valence-corrected chi connectivity index (χ0v) is 17.8. The van der Waals surface area contributed by atoms with Crippen molar-refractivity contribution in [3.63, 3.8) is 0 Å². The molecule has 1 aliphatic rings. The van der Waals surface area contributed by atoms with Gasteiger partial charge in [-0.1, -0.05) is 60.7 Å². The highest BCUT2D eigenvalue weighted by Crippen LogP contribution is 2.34. The maximum atomic E-state index is 13.1. The van der Waals surface area contributed by atoms with Crippen molar-refractivity contribution in [1.82, 2.24) is 5.01 Å². The average molecular weight is 435 g/mol. The monoisotopic (exact) mass is 434 g/mol. The van der Waals surface area contributed by atoms with Crippen molar-refractivity contribution in [2.45, 2.75) is 17.4 Å². The molecule has 0 bridgehead atoms. The van der Waals surface area contributed by atoms with E-state index in [1.54, 1.807) is 25.3 Å². The third kappa shape index (κ3) is 4.51. The Morgan fingerprint density at radius 3 is 2.19 bits per heavy atom. The number of ether oxygens (including phenoxy) is 1. The van der Waals surface area contributed by atoms with E-state index in [1.165, 1.54) is 17.1 Å². The quantitative estimate of drug-likeness (QED) is 0.591. The second-order valence-electron chi connectivity index (χ2n) is 7.22. The van der Waals surface area contributed by atoms with E-state index in [-0.39, 0.29) is 10.9 Å². The fraction of sp³-hybridized carbons (Fsp3) is 0.167. The standard InChI is InChI=1S/C24H22N2O4S/c1-30-20-14-12-19(13-15-20)23-16-22(18-8-4-2-5-9-18)25-26(23)24(27)17-31(28,29)21-10-6-3-7-11-21/h2-15,23H,16-17H2,1H3. The molecule has 7 heteroatoms. The van der Waals surface area contributed by atoms with Crippen LogP contribution in [0.25, 0.3) is 0 Å². The average Bonchev–Trinajstić information content (AvgIpc) is 3.26. The third-order valence-corrected chi connectivity index (χ3v) is 6.81. The second kappa shape index (κ2) is 8.73. The molecule has 0 saturated carbocycles. The zero-order valence-electron chi connectivity index (χ0n) is 17.0. The van der Waals surface area contributed by atoms with Gasteiger partial charge in [-0.3, -0.25) is 4.79 Å².